The minimum absolute atomic E-state index is 0.145. The van der Waals surface area contributed by atoms with Crippen molar-refractivity contribution >= 4 is 28.3 Å². The van der Waals surface area contributed by atoms with Crippen LogP contribution >= 0.6 is 0 Å². The Balaban J connectivity index is 1.10. The van der Waals surface area contributed by atoms with Crippen molar-refractivity contribution in [3.8, 4) is 5.69 Å². The van der Waals surface area contributed by atoms with E-state index in [0.29, 0.717) is 37.0 Å². The van der Waals surface area contributed by atoms with Gasteiger partial charge in [0, 0.05) is 37.4 Å². The molecule has 5 heterocycles. The van der Waals surface area contributed by atoms with Crippen LogP contribution < -0.4 is 10.5 Å². The van der Waals surface area contributed by atoms with Gasteiger partial charge in [-0.15, -0.1) is 0 Å². The van der Waals surface area contributed by atoms with Crippen molar-refractivity contribution in [1.29, 1.82) is 0 Å². The Morgan fingerprint density at radius 2 is 1.79 bits per heavy atom. The summed E-state index contributed by atoms with van der Waals surface area (Å²) < 4.78 is 3.14. The number of rotatable bonds is 5. The Morgan fingerprint density at radius 3 is 2.56 bits per heavy atom. The van der Waals surface area contributed by atoms with E-state index in [1.165, 1.54) is 10.9 Å². The number of hydrogen-bond donors (Lipinski definition) is 1. The highest BCUT2D eigenvalue weighted by molar-refractivity contribution is 5.81. The van der Waals surface area contributed by atoms with Crippen molar-refractivity contribution < 1.29 is 9.90 Å². The monoisotopic (exact) mass is 525 g/mol. The summed E-state index contributed by atoms with van der Waals surface area (Å²) >= 11 is 0. The van der Waals surface area contributed by atoms with Crippen LogP contribution in [0.25, 0.3) is 16.7 Å². The second-order valence-electron chi connectivity index (χ2n) is 11.0. The first-order valence-electron chi connectivity index (χ1n) is 13.8. The van der Waals surface area contributed by atoms with Gasteiger partial charge in [0.2, 0.25) is 5.91 Å². The fraction of sp³-hybridized carbons (Fsp3) is 0.414. The van der Waals surface area contributed by atoms with E-state index in [1.807, 2.05) is 29.3 Å². The lowest BCUT2D eigenvalue weighted by Gasteiger charge is -2.38. The highest BCUT2D eigenvalue weighted by Gasteiger charge is 2.39. The number of piperidine rings is 1. The second kappa shape index (κ2) is 9.30. The number of hydrogen-bond acceptors (Lipinski definition) is 7. The number of likely N-dealkylation sites (tertiary alicyclic amines) is 1. The predicted molar refractivity (Wildman–Crippen MR) is 146 cm³/mol. The zero-order valence-corrected chi connectivity index (χ0v) is 21.7. The molecule has 0 spiro atoms. The van der Waals surface area contributed by atoms with Crippen LogP contribution in [0.3, 0.4) is 0 Å². The first kappa shape index (κ1) is 24.0. The lowest BCUT2D eigenvalue weighted by molar-refractivity contribution is -0.137. The van der Waals surface area contributed by atoms with Crippen molar-refractivity contribution in [2.75, 3.05) is 24.5 Å². The Morgan fingerprint density at radius 1 is 1.03 bits per heavy atom. The van der Waals surface area contributed by atoms with E-state index in [-0.39, 0.29) is 23.9 Å². The van der Waals surface area contributed by atoms with Gasteiger partial charge in [-0.25, -0.2) is 9.67 Å². The van der Waals surface area contributed by atoms with Gasteiger partial charge >= 0.3 is 0 Å². The van der Waals surface area contributed by atoms with Gasteiger partial charge in [0.15, 0.2) is 5.65 Å². The fourth-order valence-electron chi connectivity index (χ4n) is 5.89. The molecule has 2 fully saturated rings. The molecule has 0 unspecified atom stereocenters. The highest BCUT2D eigenvalue weighted by Crippen LogP contribution is 2.34. The SMILES string of the molecule is O=C(C1CC1)N1CCC(O)(Cn2cnc3c(cnn3-c3ccc(N4CCCc5ncccc54)cc3)c2=O)CC1. The molecular weight excluding hydrogens is 494 g/mol. The average molecular weight is 526 g/mol. The standard InChI is InChI=1S/C29H31N7O3/c37-27(20-5-6-20)33-15-11-29(39,12-16-33)18-34-19-31-26-23(28(34)38)17-32-36(26)22-9-7-21(8-10-22)35-14-2-3-24-25(35)4-1-13-30-24/h1,4,7-10,13,17,19-20,39H,2-3,5-6,11-12,14-16,18H2. The molecule has 0 atom stereocenters. The fourth-order valence-corrected chi connectivity index (χ4v) is 5.89. The van der Waals surface area contributed by atoms with Crippen LogP contribution in [0.4, 0.5) is 11.4 Å². The number of carbonyl (C=O) groups excluding carboxylic acids is 1. The maximum atomic E-state index is 13.3. The van der Waals surface area contributed by atoms with E-state index in [0.717, 1.165) is 55.0 Å². The smallest absolute Gasteiger partial charge is 0.264 e. The van der Waals surface area contributed by atoms with Gasteiger partial charge in [-0.1, -0.05) is 0 Å². The lowest BCUT2D eigenvalue weighted by Crippen LogP contribution is -2.50. The van der Waals surface area contributed by atoms with E-state index in [4.69, 9.17) is 0 Å². The van der Waals surface area contributed by atoms with E-state index in [1.54, 1.807) is 10.9 Å². The molecule has 1 N–H and O–H groups in total. The molecule has 1 saturated carbocycles. The van der Waals surface area contributed by atoms with Gasteiger partial charge < -0.3 is 14.9 Å². The molecule has 0 radical (unpaired) electrons. The molecule has 10 nitrogen and oxygen atoms in total. The molecule has 1 amide bonds. The first-order valence-corrected chi connectivity index (χ1v) is 13.8. The number of fused-ring (bicyclic) bond motifs is 2. The zero-order valence-electron chi connectivity index (χ0n) is 21.7. The second-order valence-corrected chi connectivity index (χ2v) is 11.0. The van der Waals surface area contributed by atoms with Gasteiger partial charge in [0.1, 0.15) is 11.7 Å². The van der Waals surface area contributed by atoms with Gasteiger partial charge in [0.25, 0.3) is 5.56 Å². The quantitative estimate of drug-likeness (QED) is 0.427. The largest absolute Gasteiger partial charge is 0.388 e. The molecule has 1 aromatic carbocycles. The predicted octanol–water partition coefficient (Wildman–Crippen LogP) is 2.83. The van der Waals surface area contributed by atoms with Gasteiger partial charge in [0.05, 0.1) is 35.4 Å². The Bertz CT molecular complexity index is 1600. The number of aliphatic hydroxyl groups is 1. The van der Waals surface area contributed by atoms with Gasteiger partial charge in [-0.2, -0.15) is 5.10 Å². The molecule has 1 saturated heterocycles. The van der Waals surface area contributed by atoms with Crippen LogP contribution in [-0.4, -0.2) is 65.5 Å². The third kappa shape index (κ3) is 4.38. The molecule has 4 aromatic rings. The normalized spacial score (nSPS) is 18.8. The molecule has 10 heteroatoms. The van der Waals surface area contributed by atoms with Crippen molar-refractivity contribution in [3.63, 3.8) is 0 Å². The Hall–Kier alpha value is -4.05. The highest BCUT2D eigenvalue weighted by atomic mass is 16.3. The maximum absolute atomic E-state index is 13.3. The van der Waals surface area contributed by atoms with E-state index < -0.39 is 5.60 Å². The summed E-state index contributed by atoms with van der Waals surface area (Å²) in [5, 5.41) is 16.1. The number of aryl methyl sites for hydroxylation is 1. The van der Waals surface area contributed by atoms with Crippen LogP contribution in [-0.2, 0) is 17.8 Å². The van der Waals surface area contributed by atoms with Crippen molar-refractivity contribution in [2.24, 2.45) is 5.92 Å². The molecule has 3 aromatic heterocycles. The topological polar surface area (TPSA) is 109 Å². The molecular formula is C29H31N7O3. The van der Waals surface area contributed by atoms with Crippen LogP contribution in [0, 0.1) is 5.92 Å². The molecule has 7 rings (SSSR count). The Labute approximate surface area is 225 Å². The number of benzene rings is 1. The molecule has 39 heavy (non-hydrogen) atoms. The third-order valence-corrected chi connectivity index (χ3v) is 8.31. The number of amides is 1. The van der Waals surface area contributed by atoms with E-state index in [9.17, 15) is 14.7 Å². The summed E-state index contributed by atoms with van der Waals surface area (Å²) in [6.07, 6.45) is 9.76. The molecule has 2 aliphatic heterocycles. The Kier molecular flexibility index (Phi) is 5.73. The van der Waals surface area contributed by atoms with Crippen molar-refractivity contribution in [1.82, 2.24) is 29.2 Å². The van der Waals surface area contributed by atoms with E-state index >= 15 is 0 Å². The summed E-state index contributed by atoms with van der Waals surface area (Å²) in [7, 11) is 0. The summed E-state index contributed by atoms with van der Waals surface area (Å²) in [6, 6.07) is 12.2. The van der Waals surface area contributed by atoms with Crippen molar-refractivity contribution in [3.05, 3.63) is 71.2 Å². The number of pyridine rings is 1. The number of anilines is 2. The van der Waals surface area contributed by atoms with Crippen LogP contribution in [0.5, 0.6) is 0 Å². The molecule has 200 valence electrons. The number of carbonyl (C=O) groups is 1. The number of nitrogens with zero attached hydrogens (tertiary/aromatic N) is 7. The molecule has 1 aliphatic carbocycles. The minimum Gasteiger partial charge on any atom is -0.388 e. The maximum Gasteiger partial charge on any atom is 0.264 e. The van der Waals surface area contributed by atoms with E-state index in [2.05, 4.69) is 38.2 Å². The lowest BCUT2D eigenvalue weighted by atomic mass is 9.91. The summed E-state index contributed by atoms with van der Waals surface area (Å²) in [4.78, 5) is 38.9. The first-order chi connectivity index (χ1) is 19.0. The number of aromatic nitrogens is 5. The summed E-state index contributed by atoms with van der Waals surface area (Å²) in [6.45, 7) is 2.12. The summed E-state index contributed by atoms with van der Waals surface area (Å²) in [5.41, 5.74) is 3.36. The minimum atomic E-state index is -1.05. The van der Waals surface area contributed by atoms with Crippen LogP contribution in [0.15, 0.2) is 59.9 Å². The van der Waals surface area contributed by atoms with Crippen LogP contribution in [0.1, 0.15) is 37.8 Å². The molecule has 0 bridgehead atoms. The molecule has 3 aliphatic rings. The zero-order chi connectivity index (χ0) is 26.6. The third-order valence-electron chi connectivity index (χ3n) is 8.31. The van der Waals surface area contributed by atoms with Gasteiger partial charge in [-0.05, 0) is 74.9 Å². The van der Waals surface area contributed by atoms with Crippen molar-refractivity contribution in [2.45, 2.75) is 50.7 Å². The average Bonchev–Trinajstić information content (AvgIpc) is 3.73. The summed E-state index contributed by atoms with van der Waals surface area (Å²) in [5.74, 6) is 0.382. The van der Waals surface area contributed by atoms with Crippen LogP contribution in [0.2, 0.25) is 0 Å². The van der Waals surface area contributed by atoms with Gasteiger partial charge in [-0.3, -0.25) is 19.1 Å².